The fourth-order valence-electron chi connectivity index (χ4n) is 1.33. The molecule has 0 saturated carbocycles. The summed E-state index contributed by atoms with van der Waals surface area (Å²) >= 11 is 0. The molecular formula is C12H16O4S. The molecule has 1 aromatic carbocycles. The molecule has 0 atom stereocenters. The van der Waals surface area contributed by atoms with E-state index in [1.807, 2.05) is 6.92 Å². The van der Waals surface area contributed by atoms with Crippen LogP contribution in [0.4, 0.5) is 0 Å². The first-order valence-electron chi connectivity index (χ1n) is 5.47. The number of unbranched alkanes of at least 4 members (excludes halogenated alkanes) is 1. The third kappa shape index (κ3) is 4.19. The minimum atomic E-state index is -3.21. The summed E-state index contributed by atoms with van der Waals surface area (Å²) in [6.45, 7) is 3.24. The molecule has 0 N–H and O–H groups in total. The normalized spacial score (nSPS) is 11.2. The molecule has 0 radical (unpaired) electrons. The molecule has 4 nitrogen and oxygen atoms in total. The Morgan fingerprint density at radius 2 is 1.82 bits per heavy atom. The summed E-state index contributed by atoms with van der Waals surface area (Å²) in [5.74, 6) is 0.0784. The third-order valence-corrected chi connectivity index (χ3v) is 4.03. The Labute approximate surface area is 102 Å². The van der Waals surface area contributed by atoms with Crippen LogP contribution in [-0.2, 0) is 14.6 Å². The van der Waals surface area contributed by atoms with Crippen LogP contribution in [0.25, 0.3) is 0 Å². The first-order valence-corrected chi connectivity index (χ1v) is 7.12. The summed E-state index contributed by atoms with van der Waals surface area (Å²) in [5.41, 5.74) is 0. The van der Waals surface area contributed by atoms with E-state index in [1.54, 1.807) is 0 Å². The molecule has 0 heterocycles. The summed E-state index contributed by atoms with van der Waals surface area (Å²) < 4.78 is 28.5. The lowest BCUT2D eigenvalue weighted by Crippen LogP contribution is -2.07. The molecule has 0 fully saturated rings. The zero-order chi connectivity index (χ0) is 12.9. The van der Waals surface area contributed by atoms with Gasteiger partial charge in [-0.2, -0.15) is 0 Å². The van der Waals surface area contributed by atoms with E-state index in [2.05, 4.69) is 0 Å². The maximum absolute atomic E-state index is 11.8. The van der Waals surface area contributed by atoms with Crippen LogP contribution in [0.3, 0.4) is 0 Å². The Morgan fingerprint density at radius 3 is 2.29 bits per heavy atom. The number of ether oxygens (including phenoxy) is 1. The highest BCUT2D eigenvalue weighted by Gasteiger charge is 2.13. The van der Waals surface area contributed by atoms with E-state index < -0.39 is 15.8 Å². The van der Waals surface area contributed by atoms with Gasteiger partial charge in [-0.3, -0.25) is 4.79 Å². The standard InChI is InChI=1S/C12H16O4S/c1-3-4-9-17(14,15)12-7-5-11(6-8-12)16-10(2)13/h5-8H,3-4,9H2,1-2H3. The summed E-state index contributed by atoms with van der Waals surface area (Å²) in [6.07, 6.45) is 1.48. The number of sulfone groups is 1. The van der Waals surface area contributed by atoms with Gasteiger partial charge >= 0.3 is 5.97 Å². The maximum atomic E-state index is 11.8. The Hall–Kier alpha value is -1.36. The number of hydrogen-bond acceptors (Lipinski definition) is 4. The second-order valence-electron chi connectivity index (χ2n) is 3.74. The summed E-state index contributed by atoms with van der Waals surface area (Å²) in [5, 5.41) is 0. The third-order valence-electron chi connectivity index (χ3n) is 2.21. The number of carbonyl (C=O) groups excluding carboxylic acids is 1. The van der Waals surface area contributed by atoms with E-state index in [0.29, 0.717) is 12.2 Å². The van der Waals surface area contributed by atoms with Gasteiger partial charge in [0.15, 0.2) is 9.84 Å². The van der Waals surface area contributed by atoms with E-state index in [4.69, 9.17) is 4.74 Å². The van der Waals surface area contributed by atoms with Gasteiger partial charge in [0.1, 0.15) is 5.75 Å². The van der Waals surface area contributed by atoms with Crippen LogP contribution in [-0.4, -0.2) is 20.1 Å². The highest BCUT2D eigenvalue weighted by atomic mass is 32.2. The Kier molecular flexibility index (Phi) is 4.69. The van der Waals surface area contributed by atoms with Crippen LogP contribution in [0.2, 0.25) is 0 Å². The van der Waals surface area contributed by atoms with Gasteiger partial charge in [-0.1, -0.05) is 13.3 Å². The Bertz CT molecular complexity index is 474. The van der Waals surface area contributed by atoms with Crippen LogP contribution in [0.15, 0.2) is 29.2 Å². The van der Waals surface area contributed by atoms with Crippen molar-refractivity contribution in [3.63, 3.8) is 0 Å². The average molecular weight is 256 g/mol. The quantitative estimate of drug-likeness (QED) is 0.598. The van der Waals surface area contributed by atoms with Crippen molar-refractivity contribution in [2.45, 2.75) is 31.6 Å². The zero-order valence-corrected chi connectivity index (χ0v) is 10.8. The SMILES string of the molecule is CCCCS(=O)(=O)c1ccc(OC(C)=O)cc1. The second kappa shape index (κ2) is 5.82. The molecule has 0 aliphatic heterocycles. The number of hydrogen-bond donors (Lipinski definition) is 0. The minimum Gasteiger partial charge on any atom is -0.427 e. The lowest BCUT2D eigenvalue weighted by Gasteiger charge is -2.05. The van der Waals surface area contributed by atoms with Gasteiger partial charge in [0.25, 0.3) is 0 Å². The first kappa shape index (κ1) is 13.7. The molecule has 0 bridgehead atoms. The van der Waals surface area contributed by atoms with Gasteiger partial charge in [-0.05, 0) is 30.7 Å². The molecule has 0 aliphatic carbocycles. The lowest BCUT2D eigenvalue weighted by molar-refractivity contribution is -0.131. The second-order valence-corrected chi connectivity index (χ2v) is 5.85. The number of benzene rings is 1. The Morgan fingerprint density at radius 1 is 1.24 bits per heavy atom. The van der Waals surface area contributed by atoms with E-state index in [1.165, 1.54) is 31.2 Å². The predicted molar refractivity (Wildman–Crippen MR) is 64.7 cm³/mol. The van der Waals surface area contributed by atoms with Crippen LogP contribution < -0.4 is 4.74 Å². The van der Waals surface area contributed by atoms with E-state index in [-0.39, 0.29) is 10.6 Å². The molecule has 0 saturated heterocycles. The van der Waals surface area contributed by atoms with Crippen molar-refractivity contribution in [3.8, 4) is 5.75 Å². The number of rotatable bonds is 5. The van der Waals surface area contributed by atoms with Gasteiger partial charge in [0, 0.05) is 6.92 Å². The summed E-state index contributed by atoms with van der Waals surface area (Å²) in [4.78, 5) is 11.0. The van der Waals surface area contributed by atoms with Gasteiger partial charge in [0.2, 0.25) is 0 Å². The van der Waals surface area contributed by atoms with Crippen LogP contribution in [0, 0.1) is 0 Å². The molecule has 94 valence electrons. The molecule has 1 rings (SSSR count). The van der Waals surface area contributed by atoms with Crippen molar-refractivity contribution in [3.05, 3.63) is 24.3 Å². The van der Waals surface area contributed by atoms with E-state index in [9.17, 15) is 13.2 Å². The average Bonchev–Trinajstić information content (AvgIpc) is 2.26. The van der Waals surface area contributed by atoms with Crippen molar-refractivity contribution in [2.24, 2.45) is 0 Å². The largest absolute Gasteiger partial charge is 0.427 e. The van der Waals surface area contributed by atoms with Crippen molar-refractivity contribution in [1.82, 2.24) is 0 Å². The fourth-order valence-corrected chi connectivity index (χ4v) is 2.79. The first-order chi connectivity index (χ1) is 7.95. The monoisotopic (exact) mass is 256 g/mol. The molecule has 5 heteroatoms. The topological polar surface area (TPSA) is 60.4 Å². The minimum absolute atomic E-state index is 0.149. The van der Waals surface area contributed by atoms with Crippen molar-refractivity contribution in [1.29, 1.82) is 0 Å². The van der Waals surface area contributed by atoms with E-state index >= 15 is 0 Å². The molecule has 0 amide bonds. The lowest BCUT2D eigenvalue weighted by atomic mass is 10.3. The van der Waals surface area contributed by atoms with Gasteiger partial charge in [-0.25, -0.2) is 8.42 Å². The summed E-state index contributed by atoms with van der Waals surface area (Å²) in [7, 11) is -3.21. The fraction of sp³-hybridized carbons (Fsp3) is 0.417. The molecule has 17 heavy (non-hydrogen) atoms. The molecule has 0 aliphatic rings. The van der Waals surface area contributed by atoms with Gasteiger partial charge in [-0.15, -0.1) is 0 Å². The molecule has 0 spiro atoms. The van der Waals surface area contributed by atoms with Gasteiger partial charge < -0.3 is 4.74 Å². The highest BCUT2D eigenvalue weighted by Crippen LogP contribution is 2.18. The van der Waals surface area contributed by atoms with Crippen molar-refractivity contribution >= 4 is 15.8 Å². The molecule has 1 aromatic rings. The van der Waals surface area contributed by atoms with Crippen molar-refractivity contribution in [2.75, 3.05) is 5.75 Å². The zero-order valence-electron chi connectivity index (χ0n) is 9.97. The van der Waals surface area contributed by atoms with Crippen LogP contribution in [0.1, 0.15) is 26.7 Å². The van der Waals surface area contributed by atoms with Crippen LogP contribution >= 0.6 is 0 Å². The molecule has 0 aromatic heterocycles. The number of esters is 1. The Balaban J connectivity index is 2.83. The highest BCUT2D eigenvalue weighted by molar-refractivity contribution is 7.91. The predicted octanol–water partition coefficient (Wildman–Crippen LogP) is 2.19. The van der Waals surface area contributed by atoms with Crippen molar-refractivity contribution < 1.29 is 17.9 Å². The molecular weight excluding hydrogens is 240 g/mol. The van der Waals surface area contributed by atoms with Gasteiger partial charge in [0.05, 0.1) is 10.6 Å². The smallest absolute Gasteiger partial charge is 0.308 e. The maximum Gasteiger partial charge on any atom is 0.308 e. The van der Waals surface area contributed by atoms with Crippen LogP contribution in [0.5, 0.6) is 5.75 Å². The van der Waals surface area contributed by atoms with E-state index in [0.717, 1.165) is 6.42 Å². The number of carbonyl (C=O) groups is 1. The molecule has 0 unspecified atom stereocenters. The summed E-state index contributed by atoms with van der Waals surface area (Å²) in [6, 6.07) is 5.90.